The zero-order chi connectivity index (χ0) is 14.0. The van der Waals surface area contributed by atoms with Gasteiger partial charge < -0.3 is 9.84 Å². The van der Waals surface area contributed by atoms with E-state index in [0.717, 1.165) is 39.0 Å². The lowest BCUT2D eigenvalue weighted by Gasteiger charge is -2.32. The van der Waals surface area contributed by atoms with Gasteiger partial charge in [0, 0.05) is 0 Å². The van der Waals surface area contributed by atoms with Gasteiger partial charge in [-0.1, -0.05) is 13.8 Å². The first-order valence-corrected chi connectivity index (χ1v) is 8.35. The van der Waals surface area contributed by atoms with E-state index >= 15 is 0 Å². The molecule has 0 spiro atoms. The Balaban J connectivity index is 2.11. The minimum Gasteiger partial charge on any atom is -0.488 e. The second-order valence-electron chi connectivity index (χ2n) is 5.55. The maximum atomic E-state index is 9.18. The van der Waals surface area contributed by atoms with Crippen LogP contribution < -0.4 is 4.74 Å². The summed E-state index contributed by atoms with van der Waals surface area (Å²) in [7, 11) is 0. The van der Waals surface area contributed by atoms with Crippen molar-refractivity contribution in [3.8, 4) is 5.75 Å². The third kappa shape index (κ3) is 3.73. The summed E-state index contributed by atoms with van der Waals surface area (Å²) in [5.41, 5.74) is 0.872. The van der Waals surface area contributed by atoms with Gasteiger partial charge in [0.25, 0.3) is 0 Å². The lowest BCUT2D eigenvalue weighted by molar-refractivity contribution is 0.0992. The topological polar surface area (TPSA) is 29.5 Å². The highest BCUT2D eigenvalue weighted by atomic mass is 79.9. The number of hydrogen-bond donors (Lipinski definition) is 1. The van der Waals surface area contributed by atoms with E-state index in [1.807, 2.05) is 12.1 Å². The number of aliphatic hydroxyl groups is 1. The smallest absolute Gasteiger partial charge is 0.148 e. The van der Waals surface area contributed by atoms with Crippen LogP contribution in [0, 0.1) is 11.8 Å². The first kappa shape index (κ1) is 15.3. The standard InChI is InChI=1S/C15H20Br2O2/c1-9-3-4-12(5-10(9)2)19-15-13(16)6-11(8-18)7-14(15)17/h6-7,9-10,12,18H,3-5,8H2,1-2H3. The molecule has 4 heteroatoms. The van der Waals surface area contributed by atoms with Crippen LogP contribution in [0.2, 0.25) is 0 Å². The van der Waals surface area contributed by atoms with Crippen molar-refractivity contribution >= 4 is 31.9 Å². The van der Waals surface area contributed by atoms with Crippen LogP contribution in [0.1, 0.15) is 38.7 Å². The molecule has 0 radical (unpaired) electrons. The third-order valence-electron chi connectivity index (χ3n) is 4.08. The minimum atomic E-state index is 0.0372. The van der Waals surface area contributed by atoms with Gasteiger partial charge in [0.1, 0.15) is 5.75 Å². The average molecular weight is 392 g/mol. The van der Waals surface area contributed by atoms with Crippen molar-refractivity contribution in [1.29, 1.82) is 0 Å². The van der Waals surface area contributed by atoms with Gasteiger partial charge in [0.2, 0.25) is 0 Å². The van der Waals surface area contributed by atoms with Crippen molar-refractivity contribution in [2.45, 2.75) is 45.8 Å². The molecular formula is C15H20Br2O2. The summed E-state index contributed by atoms with van der Waals surface area (Å²) in [5, 5.41) is 9.18. The van der Waals surface area contributed by atoms with Gasteiger partial charge in [-0.05, 0) is 80.7 Å². The maximum absolute atomic E-state index is 9.18. The van der Waals surface area contributed by atoms with Crippen LogP contribution in [0.4, 0.5) is 0 Å². The molecule has 0 aliphatic heterocycles. The Morgan fingerprint density at radius 1 is 1.16 bits per heavy atom. The molecule has 1 saturated carbocycles. The molecule has 1 N–H and O–H groups in total. The summed E-state index contributed by atoms with van der Waals surface area (Å²) in [6, 6.07) is 3.82. The monoisotopic (exact) mass is 390 g/mol. The molecular weight excluding hydrogens is 372 g/mol. The molecule has 2 nitrogen and oxygen atoms in total. The Hall–Kier alpha value is -0.0600. The summed E-state index contributed by atoms with van der Waals surface area (Å²) in [6.07, 6.45) is 3.75. The zero-order valence-corrected chi connectivity index (χ0v) is 14.5. The molecule has 0 heterocycles. The Morgan fingerprint density at radius 3 is 2.32 bits per heavy atom. The Bertz CT molecular complexity index is 425. The van der Waals surface area contributed by atoms with Crippen LogP contribution in [0.25, 0.3) is 0 Å². The molecule has 1 aromatic rings. The minimum absolute atomic E-state index is 0.0372. The summed E-state index contributed by atoms with van der Waals surface area (Å²) in [4.78, 5) is 0. The van der Waals surface area contributed by atoms with Crippen LogP contribution in [0.15, 0.2) is 21.1 Å². The van der Waals surface area contributed by atoms with E-state index in [-0.39, 0.29) is 6.61 Å². The van der Waals surface area contributed by atoms with Crippen molar-refractivity contribution in [3.63, 3.8) is 0 Å². The SMILES string of the molecule is CC1CCC(Oc2c(Br)cc(CO)cc2Br)CC1C. The molecule has 2 rings (SSSR count). The molecule has 0 saturated heterocycles. The summed E-state index contributed by atoms with van der Waals surface area (Å²) >= 11 is 7.05. The highest BCUT2D eigenvalue weighted by Crippen LogP contribution is 2.38. The fraction of sp³-hybridized carbons (Fsp3) is 0.600. The molecule has 0 bridgehead atoms. The normalized spacial score (nSPS) is 27.3. The van der Waals surface area contributed by atoms with Gasteiger partial charge in [-0.3, -0.25) is 0 Å². The molecule has 3 atom stereocenters. The molecule has 19 heavy (non-hydrogen) atoms. The van der Waals surface area contributed by atoms with E-state index in [4.69, 9.17) is 4.74 Å². The average Bonchev–Trinajstić information content (AvgIpc) is 2.37. The van der Waals surface area contributed by atoms with Crippen molar-refractivity contribution < 1.29 is 9.84 Å². The van der Waals surface area contributed by atoms with Crippen LogP contribution >= 0.6 is 31.9 Å². The van der Waals surface area contributed by atoms with Crippen LogP contribution in [0.3, 0.4) is 0 Å². The highest BCUT2D eigenvalue weighted by Gasteiger charge is 2.26. The number of ether oxygens (including phenoxy) is 1. The van der Waals surface area contributed by atoms with Gasteiger partial charge >= 0.3 is 0 Å². The molecule has 1 aliphatic carbocycles. The molecule has 3 unspecified atom stereocenters. The Kier molecular flexibility index (Phi) is 5.32. The van der Waals surface area contributed by atoms with Crippen LogP contribution in [0.5, 0.6) is 5.75 Å². The van der Waals surface area contributed by atoms with E-state index < -0.39 is 0 Å². The second-order valence-corrected chi connectivity index (χ2v) is 7.26. The number of hydrogen-bond acceptors (Lipinski definition) is 2. The van der Waals surface area contributed by atoms with E-state index in [1.165, 1.54) is 6.42 Å². The molecule has 106 valence electrons. The Labute approximate surface area is 131 Å². The van der Waals surface area contributed by atoms with E-state index in [9.17, 15) is 5.11 Å². The van der Waals surface area contributed by atoms with Gasteiger partial charge in [-0.25, -0.2) is 0 Å². The number of rotatable bonds is 3. The van der Waals surface area contributed by atoms with Crippen LogP contribution in [-0.4, -0.2) is 11.2 Å². The van der Waals surface area contributed by atoms with E-state index in [2.05, 4.69) is 45.7 Å². The van der Waals surface area contributed by atoms with Crippen molar-refractivity contribution in [1.82, 2.24) is 0 Å². The highest BCUT2D eigenvalue weighted by molar-refractivity contribution is 9.11. The predicted molar refractivity (Wildman–Crippen MR) is 84.4 cm³/mol. The molecule has 1 fully saturated rings. The molecule has 0 amide bonds. The fourth-order valence-corrected chi connectivity index (χ4v) is 4.06. The summed E-state index contributed by atoms with van der Waals surface area (Å²) in [6.45, 7) is 4.66. The van der Waals surface area contributed by atoms with Gasteiger partial charge in [0.05, 0.1) is 21.7 Å². The summed E-state index contributed by atoms with van der Waals surface area (Å²) < 4.78 is 7.96. The van der Waals surface area contributed by atoms with Gasteiger partial charge in [-0.15, -0.1) is 0 Å². The quantitative estimate of drug-likeness (QED) is 0.793. The van der Waals surface area contributed by atoms with Crippen molar-refractivity contribution in [2.75, 3.05) is 0 Å². The zero-order valence-electron chi connectivity index (χ0n) is 11.3. The van der Waals surface area contributed by atoms with Crippen LogP contribution in [-0.2, 0) is 6.61 Å². The van der Waals surface area contributed by atoms with Gasteiger partial charge in [-0.2, -0.15) is 0 Å². The summed E-state index contributed by atoms with van der Waals surface area (Å²) in [5.74, 6) is 2.36. The predicted octanol–water partition coefficient (Wildman–Crippen LogP) is 4.91. The van der Waals surface area contributed by atoms with Crippen molar-refractivity contribution in [3.05, 3.63) is 26.6 Å². The second kappa shape index (κ2) is 6.59. The maximum Gasteiger partial charge on any atom is 0.148 e. The molecule has 0 aromatic heterocycles. The molecule has 1 aliphatic rings. The number of halogens is 2. The largest absolute Gasteiger partial charge is 0.488 e. The van der Waals surface area contributed by atoms with E-state index in [0.29, 0.717) is 12.0 Å². The molecule has 1 aromatic carbocycles. The first-order chi connectivity index (χ1) is 9.01. The lowest BCUT2D eigenvalue weighted by Crippen LogP contribution is -2.29. The lowest BCUT2D eigenvalue weighted by atomic mass is 9.80. The van der Waals surface area contributed by atoms with Gasteiger partial charge in [0.15, 0.2) is 0 Å². The van der Waals surface area contributed by atoms with E-state index in [1.54, 1.807) is 0 Å². The van der Waals surface area contributed by atoms with Crippen molar-refractivity contribution in [2.24, 2.45) is 11.8 Å². The number of benzene rings is 1. The fourth-order valence-electron chi connectivity index (χ4n) is 2.59. The number of aliphatic hydroxyl groups excluding tert-OH is 1. The Morgan fingerprint density at radius 2 is 1.79 bits per heavy atom. The third-order valence-corrected chi connectivity index (χ3v) is 5.25. The first-order valence-electron chi connectivity index (χ1n) is 6.76.